The van der Waals surface area contributed by atoms with Gasteiger partial charge in [0, 0.05) is 5.69 Å². The van der Waals surface area contributed by atoms with Crippen molar-refractivity contribution in [3.05, 3.63) is 29.8 Å². The van der Waals surface area contributed by atoms with Gasteiger partial charge >= 0.3 is 18.2 Å². The first-order chi connectivity index (χ1) is 11.5. The van der Waals surface area contributed by atoms with Crippen LogP contribution in [0.15, 0.2) is 24.3 Å². The Bertz CT molecular complexity index is 647. The number of carbonyl (C=O) groups excluding carboxylic acids is 2. The van der Waals surface area contributed by atoms with Crippen molar-refractivity contribution >= 4 is 23.6 Å². The standard InChI is InChI=1S/C15H18F3N3O4/c1-8(2)12(13(23)24)21-11(22)7-19-14(25)20-10-5-3-4-9(6-10)15(16,17)18/h3-6,8,12H,7H2,1-2H3,(H,21,22)(H,23,24)(H2,19,20,25). The Kier molecular flexibility index (Phi) is 6.77. The zero-order valence-corrected chi connectivity index (χ0v) is 13.5. The third-order valence-corrected chi connectivity index (χ3v) is 3.11. The van der Waals surface area contributed by atoms with Crippen LogP contribution in [0.1, 0.15) is 19.4 Å². The largest absolute Gasteiger partial charge is 0.480 e. The van der Waals surface area contributed by atoms with Crippen molar-refractivity contribution in [2.24, 2.45) is 5.92 Å². The van der Waals surface area contributed by atoms with E-state index in [1.54, 1.807) is 13.8 Å². The second-order valence-corrected chi connectivity index (χ2v) is 5.51. The number of alkyl halides is 3. The number of urea groups is 1. The second-order valence-electron chi connectivity index (χ2n) is 5.51. The molecule has 1 rings (SSSR count). The normalized spacial score (nSPS) is 12.4. The van der Waals surface area contributed by atoms with Crippen molar-refractivity contribution in [1.82, 2.24) is 10.6 Å². The van der Waals surface area contributed by atoms with Crippen LogP contribution >= 0.6 is 0 Å². The molecule has 0 saturated carbocycles. The highest BCUT2D eigenvalue weighted by Crippen LogP contribution is 2.30. The van der Waals surface area contributed by atoms with Gasteiger partial charge in [0.05, 0.1) is 12.1 Å². The summed E-state index contributed by atoms with van der Waals surface area (Å²) in [6.07, 6.45) is -4.54. The summed E-state index contributed by atoms with van der Waals surface area (Å²) < 4.78 is 37.7. The first-order valence-corrected chi connectivity index (χ1v) is 7.25. The van der Waals surface area contributed by atoms with Crippen LogP contribution in [-0.4, -0.2) is 35.6 Å². The lowest BCUT2D eigenvalue weighted by atomic mass is 10.1. The van der Waals surface area contributed by atoms with Gasteiger partial charge in [-0.3, -0.25) is 4.79 Å². The van der Waals surface area contributed by atoms with Crippen molar-refractivity contribution < 1.29 is 32.7 Å². The molecular weight excluding hydrogens is 343 g/mol. The van der Waals surface area contributed by atoms with Crippen molar-refractivity contribution in [3.63, 3.8) is 0 Å². The van der Waals surface area contributed by atoms with Gasteiger partial charge in [0.1, 0.15) is 6.04 Å². The molecule has 0 heterocycles. The highest BCUT2D eigenvalue weighted by atomic mass is 19.4. The first-order valence-electron chi connectivity index (χ1n) is 7.25. The summed E-state index contributed by atoms with van der Waals surface area (Å²) in [5.74, 6) is -2.31. The van der Waals surface area contributed by atoms with E-state index in [0.29, 0.717) is 0 Å². The number of anilines is 1. The molecule has 0 spiro atoms. The molecule has 4 N–H and O–H groups in total. The lowest BCUT2D eigenvalue weighted by Gasteiger charge is -2.18. The first kappa shape index (κ1) is 20.3. The third-order valence-electron chi connectivity index (χ3n) is 3.11. The fraction of sp³-hybridized carbons (Fsp3) is 0.400. The molecule has 3 amide bonds. The summed E-state index contributed by atoms with van der Waals surface area (Å²) in [5, 5.41) is 15.5. The molecule has 1 aromatic carbocycles. The lowest BCUT2D eigenvalue weighted by molar-refractivity contribution is -0.143. The molecule has 0 fully saturated rings. The van der Waals surface area contributed by atoms with E-state index < -0.39 is 42.2 Å². The zero-order valence-electron chi connectivity index (χ0n) is 13.5. The number of benzene rings is 1. The maximum Gasteiger partial charge on any atom is 0.416 e. The smallest absolute Gasteiger partial charge is 0.416 e. The molecular formula is C15H18F3N3O4. The number of nitrogens with one attached hydrogen (secondary N) is 3. The molecule has 0 saturated heterocycles. The predicted molar refractivity (Wildman–Crippen MR) is 82.9 cm³/mol. The fourth-order valence-corrected chi connectivity index (χ4v) is 1.85. The van der Waals surface area contributed by atoms with Gasteiger partial charge in [0.2, 0.25) is 5.91 Å². The number of hydrogen-bond acceptors (Lipinski definition) is 3. The molecule has 138 valence electrons. The van der Waals surface area contributed by atoms with Crippen LogP contribution in [0.5, 0.6) is 0 Å². The maximum absolute atomic E-state index is 12.6. The van der Waals surface area contributed by atoms with Crippen molar-refractivity contribution in [1.29, 1.82) is 0 Å². The lowest BCUT2D eigenvalue weighted by Crippen LogP contribution is -2.48. The molecule has 0 radical (unpaired) electrons. The van der Waals surface area contributed by atoms with E-state index in [1.165, 1.54) is 6.07 Å². The Labute approximate surface area is 141 Å². The molecule has 0 aliphatic rings. The average Bonchev–Trinajstić information content (AvgIpc) is 2.49. The quantitative estimate of drug-likeness (QED) is 0.622. The molecule has 7 nitrogen and oxygen atoms in total. The van der Waals surface area contributed by atoms with Crippen molar-refractivity contribution in [3.8, 4) is 0 Å². The molecule has 1 aromatic rings. The molecule has 0 aromatic heterocycles. The minimum atomic E-state index is -4.54. The number of halogens is 3. The molecule has 1 atom stereocenters. The second kappa shape index (κ2) is 8.36. The van der Waals surface area contributed by atoms with Gasteiger partial charge in [-0.15, -0.1) is 0 Å². The summed E-state index contributed by atoms with van der Waals surface area (Å²) in [6, 6.07) is 1.99. The van der Waals surface area contributed by atoms with E-state index >= 15 is 0 Å². The van der Waals surface area contributed by atoms with Gasteiger partial charge < -0.3 is 21.1 Å². The minimum Gasteiger partial charge on any atom is -0.480 e. The predicted octanol–water partition coefficient (Wildman–Crippen LogP) is 2.05. The van der Waals surface area contributed by atoms with E-state index in [9.17, 15) is 27.6 Å². The molecule has 25 heavy (non-hydrogen) atoms. The zero-order chi connectivity index (χ0) is 19.2. The summed E-state index contributed by atoms with van der Waals surface area (Å²) in [4.78, 5) is 34.2. The maximum atomic E-state index is 12.6. The van der Waals surface area contributed by atoms with E-state index in [4.69, 9.17) is 5.11 Å². The van der Waals surface area contributed by atoms with Crippen LogP contribution in [0.25, 0.3) is 0 Å². The summed E-state index contributed by atoms with van der Waals surface area (Å²) >= 11 is 0. The highest BCUT2D eigenvalue weighted by molar-refractivity contribution is 5.93. The SMILES string of the molecule is CC(C)C(NC(=O)CNC(=O)Nc1cccc(C(F)(F)F)c1)C(=O)O. The molecule has 0 bridgehead atoms. The van der Waals surface area contributed by atoms with Crippen LogP contribution in [0, 0.1) is 5.92 Å². The van der Waals surface area contributed by atoms with Crippen LogP contribution in [0.3, 0.4) is 0 Å². The Hall–Kier alpha value is -2.78. The fourth-order valence-electron chi connectivity index (χ4n) is 1.85. The summed E-state index contributed by atoms with van der Waals surface area (Å²) in [7, 11) is 0. The number of aliphatic carboxylic acids is 1. The molecule has 0 aliphatic heterocycles. The van der Waals surface area contributed by atoms with Gasteiger partial charge in [0.15, 0.2) is 0 Å². The number of amides is 3. The van der Waals surface area contributed by atoms with E-state index in [-0.39, 0.29) is 11.6 Å². The minimum absolute atomic E-state index is 0.0988. The van der Waals surface area contributed by atoms with Gasteiger partial charge in [0.25, 0.3) is 0 Å². The van der Waals surface area contributed by atoms with E-state index in [2.05, 4.69) is 16.0 Å². The van der Waals surface area contributed by atoms with Crippen LogP contribution in [0.4, 0.5) is 23.7 Å². The molecule has 1 unspecified atom stereocenters. The Morgan fingerprint density at radius 1 is 1.20 bits per heavy atom. The molecule has 10 heteroatoms. The number of rotatable bonds is 6. The number of carboxylic acid groups (broad SMARTS) is 1. The van der Waals surface area contributed by atoms with Gasteiger partial charge in [-0.25, -0.2) is 9.59 Å². The number of carbonyl (C=O) groups is 3. The highest BCUT2D eigenvalue weighted by Gasteiger charge is 2.30. The number of carboxylic acids is 1. The van der Waals surface area contributed by atoms with E-state index in [0.717, 1.165) is 18.2 Å². The van der Waals surface area contributed by atoms with Crippen LogP contribution in [0.2, 0.25) is 0 Å². The number of hydrogen-bond donors (Lipinski definition) is 4. The summed E-state index contributed by atoms with van der Waals surface area (Å²) in [5.41, 5.74) is -1.03. The Morgan fingerprint density at radius 3 is 2.36 bits per heavy atom. The van der Waals surface area contributed by atoms with E-state index in [1.807, 2.05) is 0 Å². The van der Waals surface area contributed by atoms with Gasteiger partial charge in [-0.2, -0.15) is 13.2 Å². The van der Waals surface area contributed by atoms with Crippen molar-refractivity contribution in [2.75, 3.05) is 11.9 Å². The van der Waals surface area contributed by atoms with Gasteiger partial charge in [-0.1, -0.05) is 19.9 Å². The van der Waals surface area contributed by atoms with Crippen LogP contribution in [-0.2, 0) is 15.8 Å². The average molecular weight is 361 g/mol. The topological polar surface area (TPSA) is 108 Å². The van der Waals surface area contributed by atoms with Gasteiger partial charge in [-0.05, 0) is 24.1 Å². The summed E-state index contributed by atoms with van der Waals surface area (Å²) in [6.45, 7) is 2.68. The Morgan fingerprint density at radius 2 is 1.84 bits per heavy atom. The third kappa shape index (κ3) is 6.69. The Balaban J connectivity index is 2.55. The van der Waals surface area contributed by atoms with Crippen LogP contribution < -0.4 is 16.0 Å². The monoisotopic (exact) mass is 361 g/mol. The van der Waals surface area contributed by atoms with Crippen molar-refractivity contribution in [2.45, 2.75) is 26.1 Å². The molecule has 0 aliphatic carbocycles.